The van der Waals surface area contributed by atoms with E-state index in [9.17, 15) is 4.79 Å². The van der Waals surface area contributed by atoms with Crippen molar-refractivity contribution in [2.75, 3.05) is 27.2 Å². The first-order valence-corrected chi connectivity index (χ1v) is 4.79. The Hall–Kier alpha value is -0.570. The summed E-state index contributed by atoms with van der Waals surface area (Å²) in [7, 11) is 4.09. The normalized spacial score (nSPS) is 11.8. The molecule has 0 bridgehead atoms. The first-order valence-electron chi connectivity index (χ1n) is 4.79. The predicted octanol–water partition coefficient (Wildman–Crippen LogP) is 1.10. The van der Waals surface area contributed by atoms with Crippen LogP contribution in [0.1, 0.15) is 27.2 Å². The van der Waals surface area contributed by atoms with Gasteiger partial charge in [0.25, 0.3) is 0 Å². The Bertz CT molecular complexity index is 164. The summed E-state index contributed by atoms with van der Waals surface area (Å²) in [4.78, 5) is 13.2. The van der Waals surface area contributed by atoms with Crippen LogP contribution in [0.5, 0.6) is 0 Å². The predicted molar refractivity (Wildman–Crippen MR) is 55.6 cm³/mol. The maximum atomic E-state index is 11.0. The number of nitrogens with one attached hydrogen (secondary N) is 1. The fourth-order valence-corrected chi connectivity index (χ4v) is 1.37. The summed E-state index contributed by atoms with van der Waals surface area (Å²) >= 11 is 0. The minimum Gasteiger partial charge on any atom is -0.356 e. The van der Waals surface area contributed by atoms with Gasteiger partial charge in [0.2, 0.25) is 5.91 Å². The second kappa shape index (κ2) is 5.22. The third kappa shape index (κ3) is 6.58. The molecule has 0 aromatic carbocycles. The molecule has 0 spiro atoms. The fraction of sp³-hybridized carbons (Fsp3) is 0.900. The van der Waals surface area contributed by atoms with Crippen molar-refractivity contribution in [3.05, 3.63) is 0 Å². The van der Waals surface area contributed by atoms with Crippen molar-refractivity contribution in [3.8, 4) is 0 Å². The van der Waals surface area contributed by atoms with Gasteiger partial charge in [-0.05, 0) is 19.5 Å². The molecule has 0 fully saturated rings. The lowest BCUT2D eigenvalue weighted by atomic mass is 9.93. The van der Waals surface area contributed by atoms with Crippen molar-refractivity contribution in [2.24, 2.45) is 5.41 Å². The van der Waals surface area contributed by atoms with Gasteiger partial charge in [-0.3, -0.25) is 4.79 Å². The first-order chi connectivity index (χ1) is 5.87. The second-order valence-corrected chi connectivity index (χ2v) is 4.53. The van der Waals surface area contributed by atoms with Crippen LogP contribution in [0.4, 0.5) is 0 Å². The van der Waals surface area contributed by atoms with E-state index in [1.54, 1.807) is 0 Å². The van der Waals surface area contributed by atoms with Crippen molar-refractivity contribution < 1.29 is 4.79 Å². The van der Waals surface area contributed by atoms with E-state index < -0.39 is 0 Å². The Morgan fingerprint density at radius 3 is 2.31 bits per heavy atom. The Kier molecular flexibility index (Phi) is 4.99. The summed E-state index contributed by atoms with van der Waals surface area (Å²) in [5.41, 5.74) is 0.147. The summed E-state index contributed by atoms with van der Waals surface area (Å²) in [5, 5.41) is 2.91. The maximum absolute atomic E-state index is 11.0. The van der Waals surface area contributed by atoms with Crippen LogP contribution in [0.15, 0.2) is 0 Å². The lowest BCUT2D eigenvalue weighted by Gasteiger charge is -2.28. The van der Waals surface area contributed by atoms with E-state index in [0.717, 1.165) is 13.1 Å². The molecule has 3 heteroatoms. The van der Waals surface area contributed by atoms with Gasteiger partial charge >= 0.3 is 0 Å². The number of amides is 1. The molecule has 0 aromatic heterocycles. The van der Waals surface area contributed by atoms with Gasteiger partial charge in [-0.15, -0.1) is 0 Å². The molecule has 78 valence electrons. The summed E-state index contributed by atoms with van der Waals surface area (Å²) in [6.07, 6.45) is 0.568. The monoisotopic (exact) mass is 186 g/mol. The quantitative estimate of drug-likeness (QED) is 0.697. The third-order valence-electron chi connectivity index (χ3n) is 1.83. The van der Waals surface area contributed by atoms with E-state index in [4.69, 9.17) is 0 Å². The SMILES string of the molecule is CCC(=O)NCC(C)(C)CN(C)C. The molecule has 0 aromatic rings. The highest BCUT2D eigenvalue weighted by Crippen LogP contribution is 2.13. The molecule has 0 unspecified atom stereocenters. The zero-order chi connectivity index (χ0) is 10.5. The van der Waals surface area contributed by atoms with Crippen LogP contribution in [-0.4, -0.2) is 38.0 Å². The number of rotatable bonds is 5. The van der Waals surface area contributed by atoms with E-state index in [1.165, 1.54) is 0 Å². The maximum Gasteiger partial charge on any atom is 0.219 e. The molecular formula is C10H22N2O. The standard InChI is InChI=1S/C10H22N2O/c1-6-9(13)11-7-10(2,3)8-12(4)5/h6-8H2,1-5H3,(H,11,13). The van der Waals surface area contributed by atoms with Crippen molar-refractivity contribution >= 4 is 5.91 Å². The molecule has 0 saturated heterocycles. The molecule has 0 rings (SSSR count). The number of hydrogen-bond acceptors (Lipinski definition) is 2. The Labute approximate surface area is 81.5 Å². The second-order valence-electron chi connectivity index (χ2n) is 4.53. The van der Waals surface area contributed by atoms with Crippen molar-refractivity contribution in [2.45, 2.75) is 27.2 Å². The molecule has 1 N–H and O–H groups in total. The summed E-state index contributed by atoms with van der Waals surface area (Å²) in [6.45, 7) is 7.91. The molecule has 0 aliphatic rings. The highest BCUT2D eigenvalue weighted by atomic mass is 16.1. The summed E-state index contributed by atoms with van der Waals surface area (Å²) < 4.78 is 0. The van der Waals surface area contributed by atoms with Gasteiger partial charge in [-0.1, -0.05) is 20.8 Å². The molecule has 1 amide bonds. The Morgan fingerprint density at radius 2 is 1.92 bits per heavy atom. The molecule has 13 heavy (non-hydrogen) atoms. The molecule has 0 saturated carbocycles. The zero-order valence-electron chi connectivity index (χ0n) is 9.48. The van der Waals surface area contributed by atoms with Crippen LogP contribution in [-0.2, 0) is 4.79 Å². The number of hydrogen-bond donors (Lipinski definition) is 1. The minimum absolute atomic E-state index is 0.131. The molecule has 0 heterocycles. The van der Waals surface area contributed by atoms with Gasteiger partial charge in [0.15, 0.2) is 0 Å². The van der Waals surface area contributed by atoms with E-state index in [2.05, 4.69) is 24.1 Å². The van der Waals surface area contributed by atoms with Crippen molar-refractivity contribution in [3.63, 3.8) is 0 Å². The first kappa shape index (κ1) is 12.4. The molecule has 0 radical (unpaired) electrons. The highest BCUT2D eigenvalue weighted by Gasteiger charge is 2.19. The topological polar surface area (TPSA) is 32.3 Å². The van der Waals surface area contributed by atoms with Crippen LogP contribution in [0, 0.1) is 5.41 Å². The van der Waals surface area contributed by atoms with Gasteiger partial charge in [-0.25, -0.2) is 0 Å². The molecule has 0 atom stereocenters. The molecule has 0 aliphatic heterocycles. The van der Waals surface area contributed by atoms with Crippen LogP contribution < -0.4 is 5.32 Å². The lowest BCUT2D eigenvalue weighted by Crippen LogP contribution is -2.39. The van der Waals surface area contributed by atoms with Gasteiger partial charge in [-0.2, -0.15) is 0 Å². The van der Waals surface area contributed by atoms with Crippen molar-refractivity contribution in [1.29, 1.82) is 0 Å². The van der Waals surface area contributed by atoms with Crippen LogP contribution >= 0.6 is 0 Å². The van der Waals surface area contributed by atoms with E-state index in [-0.39, 0.29) is 11.3 Å². The molecule has 0 aliphatic carbocycles. The average Bonchev–Trinajstić information content (AvgIpc) is 1.98. The Balaban J connectivity index is 3.81. The zero-order valence-corrected chi connectivity index (χ0v) is 9.48. The van der Waals surface area contributed by atoms with E-state index in [0.29, 0.717) is 6.42 Å². The van der Waals surface area contributed by atoms with Crippen LogP contribution in [0.3, 0.4) is 0 Å². The number of carbonyl (C=O) groups excluding carboxylic acids is 1. The molecule has 3 nitrogen and oxygen atoms in total. The summed E-state index contributed by atoms with van der Waals surface area (Å²) in [6, 6.07) is 0. The number of nitrogens with zero attached hydrogens (tertiary/aromatic N) is 1. The van der Waals surface area contributed by atoms with Crippen LogP contribution in [0.2, 0.25) is 0 Å². The van der Waals surface area contributed by atoms with Crippen molar-refractivity contribution in [1.82, 2.24) is 10.2 Å². The van der Waals surface area contributed by atoms with E-state index in [1.807, 2.05) is 21.0 Å². The smallest absolute Gasteiger partial charge is 0.219 e. The van der Waals surface area contributed by atoms with E-state index >= 15 is 0 Å². The average molecular weight is 186 g/mol. The largest absolute Gasteiger partial charge is 0.356 e. The fourth-order valence-electron chi connectivity index (χ4n) is 1.37. The van der Waals surface area contributed by atoms with Gasteiger partial charge in [0.1, 0.15) is 0 Å². The van der Waals surface area contributed by atoms with Gasteiger partial charge < -0.3 is 10.2 Å². The number of carbonyl (C=O) groups is 1. The highest BCUT2D eigenvalue weighted by molar-refractivity contribution is 5.75. The third-order valence-corrected chi connectivity index (χ3v) is 1.83. The van der Waals surface area contributed by atoms with Gasteiger partial charge in [0, 0.05) is 19.5 Å². The molecular weight excluding hydrogens is 164 g/mol. The minimum atomic E-state index is 0.131. The summed E-state index contributed by atoms with van der Waals surface area (Å²) in [5.74, 6) is 0.131. The van der Waals surface area contributed by atoms with Crippen LogP contribution in [0.25, 0.3) is 0 Å². The Morgan fingerprint density at radius 1 is 1.38 bits per heavy atom. The van der Waals surface area contributed by atoms with Gasteiger partial charge in [0.05, 0.1) is 0 Å². The lowest BCUT2D eigenvalue weighted by molar-refractivity contribution is -0.121.